The molecule has 0 radical (unpaired) electrons. The molecule has 178 valence electrons. The Bertz CT molecular complexity index is 657. The molecule has 0 aliphatic carbocycles. The minimum Gasteiger partial charge on any atom is -0.480 e. The maximum atomic E-state index is 12.7. The van der Waals surface area contributed by atoms with Crippen molar-refractivity contribution >= 4 is 42.3 Å². The number of nitrogens with one attached hydrogen (secondary N) is 3. The topological polar surface area (TPSA) is 235 Å². The van der Waals surface area contributed by atoms with Gasteiger partial charge < -0.3 is 43.4 Å². The molecule has 0 aromatic rings. The number of nitrogens with two attached hydrogens (primary N) is 3. The molecule has 14 heteroatoms. The fourth-order valence-electron chi connectivity index (χ4n) is 2.37. The summed E-state index contributed by atoms with van der Waals surface area (Å²) < 4.78 is 0. The summed E-state index contributed by atoms with van der Waals surface area (Å²) in [6, 6.07) is -4.70. The maximum absolute atomic E-state index is 12.7. The monoisotopic (exact) mass is 463 g/mol. The van der Waals surface area contributed by atoms with Gasteiger partial charge in [0.15, 0.2) is 5.96 Å². The van der Waals surface area contributed by atoms with E-state index in [4.69, 9.17) is 17.2 Å². The molecule has 3 amide bonds. The number of nitrogens with zero attached hydrogens (tertiary/aromatic N) is 1. The zero-order valence-corrected chi connectivity index (χ0v) is 18.5. The molecule has 4 unspecified atom stereocenters. The van der Waals surface area contributed by atoms with Gasteiger partial charge in [-0.2, -0.15) is 12.6 Å². The average Bonchev–Trinajstić information content (AvgIpc) is 2.70. The molecular formula is C17H33N7O6S. The summed E-state index contributed by atoms with van der Waals surface area (Å²) in [7, 11) is 0. The number of aliphatic imine (C=N–C) groups is 1. The number of hydrogen-bond acceptors (Lipinski definition) is 8. The van der Waals surface area contributed by atoms with E-state index < -0.39 is 60.4 Å². The first-order chi connectivity index (χ1) is 14.4. The lowest BCUT2D eigenvalue weighted by Gasteiger charge is -2.25. The van der Waals surface area contributed by atoms with E-state index >= 15 is 0 Å². The largest absolute Gasteiger partial charge is 0.480 e. The Hall–Kier alpha value is -2.58. The van der Waals surface area contributed by atoms with Gasteiger partial charge in [-0.15, -0.1) is 0 Å². The molecule has 0 rings (SSSR count). The molecule has 0 aliphatic heterocycles. The first-order valence-corrected chi connectivity index (χ1v) is 10.2. The molecule has 0 aliphatic rings. The standard InChI is InChI=1S/C17H33N7O6S/c1-8(2)12(16(29)30)24-14(27)10(4-3-5-21-17(19)20)22-15(28)11(6-25)23-13(26)9(18)7-31/h8-12,25,31H,3-7,18H2,1-2H3,(H,22,28)(H,23,26)(H,24,27)(H,29,30)(H4,19,20,21). The number of hydrogen-bond donors (Lipinski definition) is 9. The number of guanidine groups is 1. The van der Waals surface area contributed by atoms with E-state index in [1.165, 1.54) is 0 Å². The first kappa shape index (κ1) is 28.4. The van der Waals surface area contributed by atoms with Gasteiger partial charge in [0.05, 0.1) is 12.6 Å². The minimum atomic E-state index is -1.37. The predicted octanol–water partition coefficient (Wildman–Crippen LogP) is -3.52. The van der Waals surface area contributed by atoms with Crippen LogP contribution in [-0.4, -0.2) is 82.9 Å². The maximum Gasteiger partial charge on any atom is 0.326 e. The number of aliphatic carboxylic acids is 1. The van der Waals surface area contributed by atoms with Crippen LogP contribution in [0.4, 0.5) is 0 Å². The second kappa shape index (κ2) is 14.4. The number of carboxylic acids is 1. The van der Waals surface area contributed by atoms with E-state index in [0.717, 1.165) is 0 Å². The minimum absolute atomic E-state index is 0.0210. The SMILES string of the molecule is CC(C)C(NC(=O)C(CCCN=C(N)N)NC(=O)C(CO)NC(=O)C(N)CS)C(=O)O. The Labute approximate surface area is 186 Å². The molecule has 13 nitrogen and oxygen atoms in total. The fraction of sp³-hybridized carbons (Fsp3) is 0.706. The normalized spacial score (nSPS) is 14.6. The lowest BCUT2D eigenvalue weighted by Crippen LogP contribution is -2.58. The summed E-state index contributed by atoms with van der Waals surface area (Å²) in [6.45, 7) is 2.66. The van der Waals surface area contributed by atoms with Crippen LogP contribution in [0.1, 0.15) is 26.7 Å². The van der Waals surface area contributed by atoms with Crippen LogP contribution in [0.5, 0.6) is 0 Å². The Morgan fingerprint density at radius 3 is 2.00 bits per heavy atom. The molecule has 0 heterocycles. The molecule has 0 spiro atoms. The zero-order valence-electron chi connectivity index (χ0n) is 17.6. The van der Waals surface area contributed by atoms with Crippen LogP contribution in [0.25, 0.3) is 0 Å². The third-order valence-electron chi connectivity index (χ3n) is 4.16. The van der Waals surface area contributed by atoms with Crippen molar-refractivity contribution in [2.24, 2.45) is 28.1 Å². The van der Waals surface area contributed by atoms with Crippen LogP contribution in [0, 0.1) is 5.92 Å². The lowest BCUT2D eigenvalue weighted by atomic mass is 10.0. The van der Waals surface area contributed by atoms with Crippen LogP contribution in [0.3, 0.4) is 0 Å². The van der Waals surface area contributed by atoms with E-state index in [9.17, 15) is 29.4 Å². The van der Waals surface area contributed by atoms with Gasteiger partial charge >= 0.3 is 5.97 Å². The second-order valence-corrected chi connectivity index (χ2v) is 7.48. The number of carboxylic acid groups (broad SMARTS) is 1. The molecule has 11 N–H and O–H groups in total. The Kier molecular flexibility index (Phi) is 13.2. The van der Waals surface area contributed by atoms with Gasteiger partial charge in [0.1, 0.15) is 18.1 Å². The molecule has 0 saturated heterocycles. The van der Waals surface area contributed by atoms with Crippen molar-refractivity contribution in [1.82, 2.24) is 16.0 Å². The van der Waals surface area contributed by atoms with Crippen LogP contribution < -0.4 is 33.2 Å². The number of amides is 3. The highest BCUT2D eigenvalue weighted by molar-refractivity contribution is 7.80. The van der Waals surface area contributed by atoms with Crippen molar-refractivity contribution in [3.05, 3.63) is 0 Å². The predicted molar refractivity (Wildman–Crippen MR) is 117 cm³/mol. The number of aliphatic hydroxyl groups excluding tert-OH is 1. The average molecular weight is 464 g/mol. The first-order valence-electron chi connectivity index (χ1n) is 9.61. The van der Waals surface area contributed by atoms with E-state index in [1.807, 2.05) is 0 Å². The third kappa shape index (κ3) is 10.8. The number of aliphatic hydroxyl groups is 1. The number of rotatable bonds is 14. The Balaban J connectivity index is 5.35. The molecule has 0 saturated carbocycles. The van der Waals surface area contributed by atoms with Crippen molar-refractivity contribution in [2.75, 3.05) is 18.9 Å². The van der Waals surface area contributed by atoms with Crippen LogP contribution in [0.2, 0.25) is 0 Å². The quantitative estimate of drug-likeness (QED) is 0.0536. The van der Waals surface area contributed by atoms with Crippen molar-refractivity contribution in [1.29, 1.82) is 0 Å². The summed E-state index contributed by atoms with van der Waals surface area (Å²) in [5, 5.41) is 25.8. The van der Waals surface area contributed by atoms with Crippen molar-refractivity contribution in [2.45, 2.75) is 50.9 Å². The van der Waals surface area contributed by atoms with Gasteiger partial charge in [0, 0.05) is 12.3 Å². The van der Waals surface area contributed by atoms with E-state index in [2.05, 4.69) is 33.6 Å². The number of carbonyl (C=O) groups is 4. The fourth-order valence-corrected chi connectivity index (χ4v) is 2.53. The smallest absolute Gasteiger partial charge is 0.326 e. The molecule has 31 heavy (non-hydrogen) atoms. The van der Waals surface area contributed by atoms with E-state index in [0.29, 0.717) is 0 Å². The zero-order chi connectivity index (χ0) is 24.1. The van der Waals surface area contributed by atoms with Gasteiger partial charge in [-0.3, -0.25) is 19.4 Å². The van der Waals surface area contributed by atoms with Crippen LogP contribution >= 0.6 is 12.6 Å². The molecule has 4 atom stereocenters. The van der Waals surface area contributed by atoms with Crippen molar-refractivity contribution in [3.63, 3.8) is 0 Å². The van der Waals surface area contributed by atoms with Gasteiger partial charge in [-0.1, -0.05) is 13.8 Å². The molecule has 0 fully saturated rings. The summed E-state index contributed by atoms with van der Waals surface area (Å²) in [6.07, 6.45) is 0.359. The van der Waals surface area contributed by atoms with Crippen LogP contribution in [-0.2, 0) is 19.2 Å². The molecule has 0 bridgehead atoms. The summed E-state index contributed by atoms with van der Waals surface area (Å²) in [4.78, 5) is 52.2. The highest BCUT2D eigenvalue weighted by Crippen LogP contribution is 2.05. The molecular weight excluding hydrogens is 430 g/mol. The van der Waals surface area contributed by atoms with Gasteiger partial charge in [-0.25, -0.2) is 4.79 Å². The van der Waals surface area contributed by atoms with Crippen molar-refractivity contribution < 1.29 is 29.4 Å². The van der Waals surface area contributed by atoms with Gasteiger partial charge in [0.25, 0.3) is 0 Å². The van der Waals surface area contributed by atoms with E-state index in [-0.39, 0.29) is 31.1 Å². The second-order valence-electron chi connectivity index (χ2n) is 7.11. The highest BCUT2D eigenvalue weighted by Gasteiger charge is 2.30. The third-order valence-corrected chi connectivity index (χ3v) is 4.55. The Morgan fingerprint density at radius 2 is 1.55 bits per heavy atom. The van der Waals surface area contributed by atoms with E-state index in [1.54, 1.807) is 13.8 Å². The highest BCUT2D eigenvalue weighted by atomic mass is 32.1. The Morgan fingerprint density at radius 1 is 1.00 bits per heavy atom. The van der Waals surface area contributed by atoms with Crippen LogP contribution in [0.15, 0.2) is 4.99 Å². The summed E-state index contributed by atoms with van der Waals surface area (Å²) in [5.74, 6) is -4.05. The van der Waals surface area contributed by atoms with Crippen molar-refractivity contribution in [3.8, 4) is 0 Å². The summed E-state index contributed by atoms with van der Waals surface area (Å²) in [5.41, 5.74) is 16.0. The van der Waals surface area contributed by atoms with Gasteiger partial charge in [0.2, 0.25) is 17.7 Å². The van der Waals surface area contributed by atoms with Gasteiger partial charge in [-0.05, 0) is 18.8 Å². The molecule has 0 aromatic heterocycles. The number of thiol groups is 1. The number of carbonyl (C=O) groups excluding carboxylic acids is 3. The molecule has 0 aromatic carbocycles. The summed E-state index contributed by atoms with van der Waals surface area (Å²) >= 11 is 3.89. The lowest BCUT2D eigenvalue weighted by molar-refractivity contribution is -0.143.